The molecule has 228 valence electrons. The number of hydrogen-bond donors (Lipinski definition) is 4. The fraction of sp³-hybridized carbons (Fsp3) is 0.467. The lowest BCUT2D eigenvalue weighted by atomic mass is 9.90. The molecule has 1 unspecified atom stereocenters. The number of urea groups is 1. The van der Waals surface area contributed by atoms with Crippen LogP contribution in [0.1, 0.15) is 83.2 Å². The first-order valence-corrected chi connectivity index (χ1v) is 16.1. The van der Waals surface area contributed by atoms with Crippen LogP contribution in [0.25, 0.3) is 10.4 Å². The maximum atomic E-state index is 13.4. The molecule has 0 radical (unpaired) electrons. The number of ether oxygens (including phenoxy) is 1. The Labute approximate surface area is 254 Å². The molecule has 0 bridgehead atoms. The van der Waals surface area contributed by atoms with E-state index in [0.717, 1.165) is 21.0 Å². The third-order valence-electron chi connectivity index (χ3n) is 6.11. The molecule has 1 saturated carbocycles. The summed E-state index contributed by atoms with van der Waals surface area (Å²) >= 11 is 1.69. The first kappa shape index (κ1) is 33.2. The van der Waals surface area contributed by atoms with E-state index >= 15 is 0 Å². The van der Waals surface area contributed by atoms with E-state index in [4.69, 9.17) is 4.98 Å². The van der Waals surface area contributed by atoms with Crippen molar-refractivity contribution >= 4 is 40.1 Å². The molecule has 0 aliphatic heterocycles. The molecule has 1 aromatic carbocycles. The van der Waals surface area contributed by atoms with Gasteiger partial charge in [0.15, 0.2) is 0 Å². The summed E-state index contributed by atoms with van der Waals surface area (Å²) in [5.74, 6) is 0.522. The summed E-state index contributed by atoms with van der Waals surface area (Å²) in [5, 5.41) is 6.86. The molecule has 42 heavy (non-hydrogen) atoms. The van der Waals surface area contributed by atoms with Crippen molar-refractivity contribution in [2.24, 2.45) is 5.73 Å². The zero-order valence-electron chi connectivity index (χ0n) is 24.9. The number of aromatic nitrogens is 2. The van der Waals surface area contributed by atoms with Crippen LogP contribution in [0.3, 0.4) is 0 Å². The van der Waals surface area contributed by atoms with Crippen LogP contribution in [0.15, 0.2) is 53.8 Å². The molecular formula is C30H42N6O4S2. The summed E-state index contributed by atoms with van der Waals surface area (Å²) in [6, 6.07) is 8.95. The molecule has 2 aromatic heterocycles. The fourth-order valence-corrected chi connectivity index (χ4v) is 6.80. The standard InChI is InChI=1S/C26H33N5O2S2.C4H9NO2/c1-26(2,3)31-35(33)23-14-20(30-25(32)29-16-18-8-7-13-27-15-18)11-12-21(23)22-17-28-24(34-22)19-9-5-4-6-10-19;1-3(2)7-4(5)6/h7-8,11-15,17,19,31H,4-6,9-10,16H2,1-3H3,(H2,29,30,32);3H,1-2H3,(H2,5,6). The van der Waals surface area contributed by atoms with Crippen molar-refractivity contribution in [2.75, 3.05) is 5.32 Å². The first-order valence-electron chi connectivity index (χ1n) is 14.1. The van der Waals surface area contributed by atoms with E-state index < -0.39 is 17.1 Å². The van der Waals surface area contributed by atoms with E-state index in [1.54, 1.807) is 43.6 Å². The van der Waals surface area contributed by atoms with Crippen LogP contribution in [0.2, 0.25) is 0 Å². The van der Waals surface area contributed by atoms with Gasteiger partial charge in [-0.3, -0.25) is 4.98 Å². The molecule has 1 atom stereocenters. The molecule has 3 amide bonds. The SMILES string of the molecule is CC(C)(C)NS(=O)c1cc(NC(=O)NCc2cccnc2)ccc1-c1cnc(C2CCCCC2)s1.CC(C)OC(N)=O. The van der Waals surface area contributed by atoms with Gasteiger partial charge in [0.05, 0.1) is 20.9 Å². The van der Waals surface area contributed by atoms with Crippen LogP contribution in [-0.4, -0.2) is 37.9 Å². The van der Waals surface area contributed by atoms with E-state index in [1.807, 2.05) is 51.2 Å². The number of nitrogens with zero attached hydrogens (tertiary/aromatic N) is 2. The highest BCUT2D eigenvalue weighted by Crippen LogP contribution is 2.39. The highest BCUT2D eigenvalue weighted by molar-refractivity contribution is 7.83. The minimum Gasteiger partial charge on any atom is -0.447 e. The Morgan fingerprint density at radius 3 is 2.48 bits per heavy atom. The van der Waals surface area contributed by atoms with Crippen LogP contribution in [0, 0.1) is 0 Å². The minimum atomic E-state index is -1.47. The third-order valence-corrected chi connectivity index (χ3v) is 8.84. The van der Waals surface area contributed by atoms with Gasteiger partial charge >= 0.3 is 12.1 Å². The molecule has 0 spiro atoms. The van der Waals surface area contributed by atoms with Gasteiger partial charge in [0.2, 0.25) is 0 Å². The molecule has 1 aliphatic carbocycles. The van der Waals surface area contributed by atoms with Gasteiger partial charge < -0.3 is 21.1 Å². The smallest absolute Gasteiger partial charge is 0.404 e. The lowest BCUT2D eigenvalue weighted by Gasteiger charge is -2.21. The van der Waals surface area contributed by atoms with Gasteiger partial charge in [-0.15, -0.1) is 11.3 Å². The van der Waals surface area contributed by atoms with E-state index in [2.05, 4.69) is 30.8 Å². The van der Waals surface area contributed by atoms with E-state index in [9.17, 15) is 13.8 Å². The molecule has 1 fully saturated rings. The maximum absolute atomic E-state index is 13.4. The molecule has 3 aromatic rings. The van der Waals surface area contributed by atoms with Gasteiger partial charge in [0.1, 0.15) is 11.0 Å². The summed E-state index contributed by atoms with van der Waals surface area (Å²) in [6.45, 7) is 9.79. The second-order valence-electron chi connectivity index (χ2n) is 11.4. The van der Waals surface area contributed by atoms with Gasteiger partial charge in [0, 0.05) is 47.8 Å². The topological polar surface area (TPSA) is 148 Å². The van der Waals surface area contributed by atoms with Crippen molar-refractivity contribution in [3.05, 3.63) is 59.5 Å². The summed E-state index contributed by atoms with van der Waals surface area (Å²) in [6.07, 6.45) is 10.7. The van der Waals surface area contributed by atoms with E-state index in [0.29, 0.717) is 23.0 Å². The monoisotopic (exact) mass is 614 g/mol. The number of pyridine rings is 1. The number of benzene rings is 1. The zero-order chi connectivity index (χ0) is 30.7. The van der Waals surface area contributed by atoms with Crippen molar-refractivity contribution in [2.45, 2.75) is 95.7 Å². The number of anilines is 1. The highest BCUT2D eigenvalue weighted by Gasteiger charge is 2.23. The largest absolute Gasteiger partial charge is 0.447 e. The third kappa shape index (κ3) is 11.1. The Balaban J connectivity index is 0.000000616. The predicted octanol–water partition coefficient (Wildman–Crippen LogP) is 6.48. The van der Waals surface area contributed by atoms with Crippen molar-refractivity contribution in [3.63, 3.8) is 0 Å². The molecule has 0 saturated heterocycles. The van der Waals surface area contributed by atoms with Crippen LogP contribution < -0.4 is 21.1 Å². The van der Waals surface area contributed by atoms with Crippen LogP contribution in [0.5, 0.6) is 0 Å². The zero-order valence-corrected chi connectivity index (χ0v) is 26.6. The molecule has 1 aliphatic rings. The Hall–Kier alpha value is -3.35. The summed E-state index contributed by atoms with van der Waals surface area (Å²) in [5.41, 5.74) is 6.66. The quantitative estimate of drug-likeness (QED) is 0.228. The number of nitrogens with one attached hydrogen (secondary N) is 3. The molecule has 12 heteroatoms. The number of rotatable bonds is 8. The van der Waals surface area contributed by atoms with Crippen molar-refractivity contribution in [1.29, 1.82) is 0 Å². The van der Waals surface area contributed by atoms with E-state index in [1.165, 1.54) is 32.1 Å². The molecule has 5 N–H and O–H groups in total. The Morgan fingerprint density at radius 2 is 1.88 bits per heavy atom. The predicted molar refractivity (Wildman–Crippen MR) is 169 cm³/mol. The second-order valence-corrected chi connectivity index (χ2v) is 13.6. The number of nitrogens with two attached hydrogens (primary N) is 1. The summed E-state index contributed by atoms with van der Waals surface area (Å²) < 4.78 is 20.9. The van der Waals surface area contributed by atoms with Gasteiger partial charge in [-0.05, 0) is 71.2 Å². The lowest BCUT2D eigenvalue weighted by molar-refractivity contribution is 0.125. The normalized spacial score (nSPS) is 14.4. The molecule has 4 rings (SSSR count). The van der Waals surface area contributed by atoms with Crippen LogP contribution in [0.4, 0.5) is 15.3 Å². The van der Waals surface area contributed by atoms with Gasteiger partial charge in [0.25, 0.3) is 0 Å². The van der Waals surface area contributed by atoms with Crippen LogP contribution in [-0.2, 0) is 22.3 Å². The van der Waals surface area contributed by atoms with Gasteiger partial charge in [-0.1, -0.05) is 31.4 Å². The maximum Gasteiger partial charge on any atom is 0.404 e. The van der Waals surface area contributed by atoms with Gasteiger partial charge in [-0.2, -0.15) is 0 Å². The molecule has 10 nitrogen and oxygen atoms in total. The second kappa shape index (κ2) is 15.8. The van der Waals surface area contributed by atoms with Crippen LogP contribution >= 0.6 is 11.3 Å². The Morgan fingerprint density at radius 1 is 1.14 bits per heavy atom. The minimum absolute atomic E-state index is 0.0995. The van der Waals surface area contributed by atoms with Crippen molar-refractivity contribution < 1.29 is 18.5 Å². The number of hydrogen-bond acceptors (Lipinski definition) is 7. The fourth-order valence-electron chi connectivity index (χ4n) is 4.33. The first-order chi connectivity index (χ1) is 19.9. The van der Waals surface area contributed by atoms with Crippen molar-refractivity contribution in [3.8, 4) is 10.4 Å². The van der Waals surface area contributed by atoms with E-state index in [-0.39, 0.29) is 17.7 Å². The number of carbonyl (C=O) groups excluding carboxylic acids is 2. The van der Waals surface area contributed by atoms with Gasteiger partial charge in [-0.25, -0.2) is 23.5 Å². The summed E-state index contributed by atoms with van der Waals surface area (Å²) in [7, 11) is -1.47. The lowest BCUT2D eigenvalue weighted by Crippen LogP contribution is -2.37. The Bertz CT molecular complexity index is 1340. The number of carbonyl (C=O) groups is 2. The number of primary amides is 1. The average molecular weight is 615 g/mol. The molecule has 2 heterocycles. The number of thiazole rings is 1. The Kier molecular flexibility index (Phi) is 12.4. The summed E-state index contributed by atoms with van der Waals surface area (Å²) in [4.78, 5) is 32.7. The average Bonchev–Trinajstić information content (AvgIpc) is 3.42. The highest BCUT2D eigenvalue weighted by atomic mass is 32.2. The molecular weight excluding hydrogens is 573 g/mol. The van der Waals surface area contributed by atoms with Crippen molar-refractivity contribution in [1.82, 2.24) is 20.0 Å². The number of amides is 3.